The molecule has 1 aromatic carbocycles. The lowest BCUT2D eigenvalue weighted by Gasteiger charge is -2.23. The average molecular weight is 453 g/mol. The number of allylic oxidation sites excluding steroid dienone is 1. The lowest BCUT2D eigenvalue weighted by molar-refractivity contribution is -0.120. The topological polar surface area (TPSA) is 83.9 Å². The minimum Gasteiger partial charge on any atom is -0.445 e. The molecule has 1 saturated heterocycles. The largest absolute Gasteiger partial charge is 0.445 e. The van der Waals surface area contributed by atoms with Gasteiger partial charge in [-0.2, -0.15) is 0 Å². The fourth-order valence-electron chi connectivity index (χ4n) is 4.11. The lowest BCUT2D eigenvalue weighted by atomic mass is 9.91. The maximum atomic E-state index is 12.9. The number of likely N-dealkylation sites (tertiary alicyclic amines) is 1. The molecule has 8 heteroatoms. The van der Waals surface area contributed by atoms with Gasteiger partial charge in [-0.05, 0) is 37.7 Å². The molecule has 0 spiro atoms. The Bertz CT molecular complexity index is 1020. The Labute approximate surface area is 192 Å². The fraction of sp³-hybridized carbons (Fsp3) is 0.417. The smallest absolute Gasteiger partial charge is 0.410 e. The highest BCUT2D eigenvalue weighted by Crippen LogP contribution is 2.31. The van der Waals surface area contributed by atoms with Crippen LogP contribution in [0.25, 0.3) is 0 Å². The number of anilines is 1. The van der Waals surface area contributed by atoms with Crippen LogP contribution in [0.15, 0.2) is 53.0 Å². The van der Waals surface area contributed by atoms with Crippen LogP contribution in [-0.4, -0.2) is 40.2 Å². The van der Waals surface area contributed by atoms with Crippen molar-refractivity contribution in [3.8, 4) is 0 Å². The molecule has 2 aliphatic rings. The molecule has 0 saturated carbocycles. The summed E-state index contributed by atoms with van der Waals surface area (Å²) in [5.41, 5.74) is 2.86. The SMILES string of the molecule is CC1=NC=CC(C)CC1c1csc(NC(=O)[C@@H]2CCCN2C(=O)OCc2ccccc2)n1. The monoisotopic (exact) mass is 452 g/mol. The minimum atomic E-state index is -0.545. The number of aliphatic imine (C=N–C) groups is 1. The Morgan fingerprint density at radius 2 is 2.09 bits per heavy atom. The summed E-state index contributed by atoms with van der Waals surface area (Å²) in [4.78, 5) is 36.2. The highest BCUT2D eigenvalue weighted by Gasteiger charge is 2.35. The summed E-state index contributed by atoms with van der Waals surface area (Å²) in [6.45, 7) is 4.88. The Morgan fingerprint density at radius 3 is 2.91 bits per heavy atom. The molecule has 0 bridgehead atoms. The molecule has 2 unspecified atom stereocenters. The molecule has 3 atom stereocenters. The molecule has 1 aromatic heterocycles. The number of nitrogens with one attached hydrogen (secondary N) is 1. The summed E-state index contributed by atoms with van der Waals surface area (Å²) in [6.07, 6.45) is 5.82. The molecule has 0 radical (unpaired) electrons. The minimum absolute atomic E-state index is 0.137. The number of thiazole rings is 1. The quantitative estimate of drug-likeness (QED) is 0.693. The van der Waals surface area contributed by atoms with Crippen LogP contribution in [0.2, 0.25) is 0 Å². The number of nitrogens with zero attached hydrogens (tertiary/aromatic N) is 3. The van der Waals surface area contributed by atoms with E-state index in [0.29, 0.717) is 24.0 Å². The van der Waals surface area contributed by atoms with E-state index in [9.17, 15) is 9.59 Å². The van der Waals surface area contributed by atoms with Crippen molar-refractivity contribution in [1.29, 1.82) is 0 Å². The zero-order chi connectivity index (χ0) is 22.5. The van der Waals surface area contributed by atoms with E-state index in [-0.39, 0.29) is 18.4 Å². The molecule has 2 aliphatic heterocycles. The molecule has 4 rings (SSSR count). The van der Waals surface area contributed by atoms with Gasteiger partial charge in [0.15, 0.2) is 5.13 Å². The first-order valence-corrected chi connectivity index (χ1v) is 11.8. The van der Waals surface area contributed by atoms with Crippen LogP contribution in [0, 0.1) is 5.92 Å². The number of ether oxygens (including phenoxy) is 1. The summed E-state index contributed by atoms with van der Waals surface area (Å²) in [5, 5.41) is 5.44. The number of hydrogen-bond acceptors (Lipinski definition) is 6. The van der Waals surface area contributed by atoms with E-state index in [1.165, 1.54) is 16.2 Å². The summed E-state index contributed by atoms with van der Waals surface area (Å²) in [7, 11) is 0. The lowest BCUT2D eigenvalue weighted by Crippen LogP contribution is -2.43. The van der Waals surface area contributed by atoms with Crippen LogP contribution in [-0.2, 0) is 16.1 Å². The van der Waals surface area contributed by atoms with Crippen LogP contribution in [0.1, 0.15) is 50.3 Å². The van der Waals surface area contributed by atoms with Crippen LogP contribution >= 0.6 is 11.3 Å². The van der Waals surface area contributed by atoms with Crippen molar-refractivity contribution in [3.63, 3.8) is 0 Å². The highest BCUT2D eigenvalue weighted by molar-refractivity contribution is 7.14. The predicted octanol–water partition coefficient (Wildman–Crippen LogP) is 4.98. The van der Waals surface area contributed by atoms with Gasteiger partial charge < -0.3 is 10.1 Å². The summed E-state index contributed by atoms with van der Waals surface area (Å²) >= 11 is 1.40. The van der Waals surface area contributed by atoms with E-state index < -0.39 is 12.1 Å². The Balaban J connectivity index is 1.36. The number of amides is 2. The van der Waals surface area contributed by atoms with Crippen molar-refractivity contribution in [3.05, 3.63) is 59.2 Å². The predicted molar refractivity (Wildman–Crippen MR) is 126 cm³/mol. The second kappa shape index (κ2) is 10.1. The number of rotatable bonds is 5. The van der Waals surface area contributed by atoms with Gasteiger partial charge in [0.25, 0.3) is 0 Å². The zero-order valence-electron chi connectivity index (χ0n) is 18.4. The molecular weight excluding hydrogens is 424 g/mol. The summed E-state index contributed by atoms with van der Waals surface area (Å²) in [5.74, 6) is 0.328. The molecule has 168 valence electrons. The first kappa shape index (κ1) is 22.2. The number of carbonyl (C=O) groups excluding carboxylic acids is 2. The highest BCUT2D eigenvalue weighted by atomic mass is 32.1. The van der Waals surface area contributed by atoms with Gasteiger partial charge in [0, 0.05) is 29.8 Å². The van der Waals surface area contributed by atoms with Crippen molar-refractivity contribution < 1.29 is 14.3 Å². The Hall–Kier alpha value is -3.00. The van der Waals surface area contributed by atoms with Crippen molar-refractivity contribution in [2.24, 2.45) is 10.9 Å². The van der Waals surface area contributed by atoms with Crippen molar-refractivity contribution >= 4 is 34.2 Å². The molecule has 3 heterocycles. The van der Waals surface area contributed by atoms with Gasteiger partial charge in [-0.25, -0.2) is 9.78 Å². The van der Waals surface area contributed by atoms with E-state index in [1.807, 2.05) is 48.8 Å². The van der Waals surface area contributed by atoms with Crippen LogP contribution in [0.4, 0.5) is 9.93 Å². The van der Waals surface area contributed by atoms with E-state index >= 15 is 0 Å². The first-order valence-electron chi connectivity index (χ1n) is 11.0. The first-order chi connectivity index (χ1) is 15.5. The number of aromatic nitrogens is 1. The van der Waals surface area contributed by atoms with Crippen LogP contribution < -0.4 is 5.32 Å². The molecule has 2 amide bonds. The fourth-order valence-corrected chi connectivity index (χ4v) is 4.87. The molecule has 32 heavy (non-hydrogen) atoms. The maximum absolute atomic E-state index is 12.9. The second-order valence-electron chi connectivity index (χ2n) is 8.34. The zero-order valence-corrected chi connectivity index (χ0v) is 19.2. The van der Waals surface area contributed by atoms with E-state index in [0.717, 1.165) is 29.8 Å². The molecule has 0 aliphatic carbocycles. The van der Waals surface area contributed by atoms with Crippen molar-refractivity contribution in [2.45, 2.75) is 51.7 Å². The van der Waals surface area contributed by atoms with Gasteiger partial charge in [-0.3, -0.25) is 14.7 Å². The Kier molecular flexibility index (Phi) is 6.99. The normalized spacial score (nSPS) is 22.9. The van der Waals surface area contributed by atoms with Crippen molar-refractivity contribution in [2.75, 3.05) is 11.9 Å². The van der Waals surface area contributed by atoms with Crippen LogP contribution in [0.5, 0.6) is 0 Å². The standard InChI is InChI=1S/C24H28N4O3S/c1-16-10-11-25-17(2)19(13-16)20-15-32-23(26-20)27-22(29)21-9-6-12-28(21)24(30)31-14-18-7-4-3-5-8-18/h3-5,7-8,10-11,15-16,19,21H,6,9,12-14H2,1-2H3,(H,26,27,29)/t16?,19?,21-/m0/s1. The molecule has 1 fully saturated rings. The third-order valence-corrected chi connectivity index (χ3v) is 6.68. The van der Waals surface area contributed by atoms with Gasteiger partial charge in [0.1, 0.15) is 12.6 Å². The number of hydrogen-bond donors (Lipinski definition) is 1. The van der Waals surface area contributed by atoms with E-state index in [4.69, 9.17) is 4.74 Å². The third-order valence-electron chi connectivity index (χ3n) is 5.91. The van der Waals surface area contributed by atoms with Gasteiger partial charge in [-0.1, -0.05) is 43.3 Å². The maximum Gasteiger partial charge on any atom is 0.410 e. The molecule has 2 aromatic rings. The molecular formula is C24H28N4O3S. The second-order valence-corrected chi connectivity index (χ2v) is 9.19. The van der Waals surface area contributed by atoms with Gasteiger partial charge in [0.2, 0.25) is 5.91 Å². The molecule has 7 nitrogen and oxygen atoms in total. The van der Waals surface area contributed by atoms with E-state index in [2.05, 4.69) is 28.3 Å². The van der Waals surface area contributed by atoms with Gasteiger partial charge in [0.05, 0.1) is 5.69 Å². The van der Waals surface area contributed by atoms with Crippen molar-refractivity contribution in [1.82, 2.24) is 9.88 Å². The van der Waals surface area contributed by atoms with E-state index in [1.54, 1.807) is 0 Å². The average Bonchev–Trinajstić information content (AvgIpc) is 3.43. The summed E-state index contributed by atoms with van der Waals surface area (Å²) < 4.78 is 5.43. The van der Waals surface area contributed by atoms with Crippen LogP contribution in [0.3, 0.4) is 0 Å². The molecule has 1 N–H and O–H groups in total. The van der Waals surface area contributed by atoms with Gasteiger partial charge >= 0.3 is 6.09 Å². The summed E-state index contributed by atoms with van der Waals surface area (Å²) in [6, 6.07) is 8.97. The number of carbonyl (C=O) groups is 2. The van der Waals surface area contributed by atoms with Gasteiger partial charge in [-0.15, -0.1) is 11.3 Å². The number of benzene rings is 1. The Morgan fingerprint density at radius 1 is 1.28 bits per heavy atom. The third kappa shape index (κ3) is 5.24.